The summed E-state index contributed by atoms with van der Waals surface area (Å²) in [6.07, 6.45) is 4.66. The lowest BCUT2D eigenvalue weighted by molar-refractivity contribution is -0.122. The van der Waals surface area contributed by atoms with Crippen LogP contribution in [-0.2, 0) is 21.2 Å². The molecule has 156 valence electrons. The van der Waals surface area contributed by atoms with Gasteiger partial charge in [-0.1, -0.05) is 43.2 Å². The average molecular weight is 417 g/mol. The molecule has 1 aliphatic rings. The fourth-order valence-electron chi connectivity index (χ4n) is 3.58. The van der Waals surface area contributed by atoms with E-state index in [4.69, 9.17) is 4.74 Å². The minimum Gasteiger partial charge on any atom is -0.497 e. The Morgan fingerprint density at radius 3 is 2.34 bits per heavy atom. The zero-order valence-corrected chi connectivity index (χ0v) is 17.5. The maximum absolute atomic E-state index is 13.2. The Labute approximate surface area is 172 Å². The molecule has 3 rings (SSSR count). The van der Waals surface area contributed by atoms with E-state index in [1.165, 1.54) is 23.5 Å². The molecule has 1 amide bonds. The molecule has 2 aromatic carbocycles. The van der Waals surface area contributed by atoms with Crippen LogP contribution in [0.25, 0.3) is 0 Å². The fraction of sp³-hybridized carbons (Fsp3) is 0.409. The summed E-state index contributed by atoms with van der Waals surface area (Å²) < 4.78 is 32.8. The molecule has 1 saturated carbocycles. The van der Waals surface area contributed by atoms with Gasteiger partial charge in [-0.05, 0) is 49.1 Å². The van der Waals surface area contributed by atoms with Gasteiger partial charge in [-0.2, -0.15) is 4.31 Å². The minimum absolute atomic E-state index is 0.153. The average Bonchev–Trinajstić information content (AvgIpc) is 3.24. The topological polar surface area (TPSA) is 75.7 Å². The molecule has 7 heteroatoms. The van der Waals surface area contributed by atoms with Gasteiger partial charge in [-0.3, -0.25) is 4.79 Å². The highest BCUT2D eigenvalue weighted by molar-refractivity contribution is 7.89. The van der Waals surface area contributed by atoms with Crippen LogP contribution in [0.4, 0.5) is 0 Å². The first-order valence-corrected chi connectivity index (χ1v) is 11.4. The van der Waals surface area contributed by atoms with E-state index in [9.17, 15) is 13.2 Å². The van der Waals surface area contributed by atoms with Gasteiger partial charge >= 0.3 is 0 Å². The van der Waals surface area contributed by atoms with Gasteiger partial charge in [0.1, 0.15) is 5.75 Å². The van der Waals surface area contributed by atoms with Crippen LogP contribution in [-0.4, -0.2) is 44.9 Å². The summed E-state index contributed by atoms with van der Waals surface area (Å²) in [5.74, 6) is 0.334. The van der Waals surface area contributed by atoms with Gasteiger partial charge in [0.2, 0.25) is 15.9 Å². The molecule has 0 atom stereocenters. The Morgan fingerprint density at radius 2 is 1.72 bits per heavy atom. The molecule has 29 heavy (non-hydrogen) atoms. The van der Waals surface area contributed by atoms with Crippen LogP contribution >= 0.6 is 0 Å². The minimum atomic E-state index is -3.81. The van der Waals surface area contributed by atoms with Crippen molar-refractivity contribution in [2.24, 2.45) is 0 Å². The van der Waals surface area contributed by atoms with Crippen molar-refractivity contribution in [1.82, 2.24) is 9.62 Å². The molecular formula is C22H28N2O4S. The van der Waals surface area contributed by atoms with Crippen molar-refractivity contribution in [2.75, 3.05) is 20.2 Å². The molecule has 0 bridgehead atoms. The second kappa shape index (κ2) is 9.89. The molecular weight excluding hydrogens is 388 g/mol. The molecule has 0 aliphatic heterocycles. The highest BCUT2D eigenvalue weighted by Gasteiger charge is 2.27. The van der Waals surface area contributed by atoms with Crippen molar-refractivity contribution in [2.45, 2.75) is 43.0 Å². The van der Waals surface area contributed by atoms with Gasteiger partial charge in [-0.25, -0.2) is 8.42 Å². The molecule has 1 N–H and O–H groups in total. The number of hydrogen-bond donors (Lipinski definition) is 1. The van der Waals surface area contributed by atoms with Gasteiger partial charge in [0.05, 0.1) is 18.6 Å². The lowest BCUT2D eigenvalue weighted by Crippen LogP contribution is -2.44. The summed E-state index contributed by atoms with van der Waals surface area (Å²) in [4.78, 5) is 12.7. The van der Waals surface area contributed by atoms with Crippen LogP contribution in [0.1, 0.15) is 31.2 Å². The lowest BCUT2D eigenvalue weighted by atomic mass is 10.1. The van der Waals surface area contributed by atoms with Crippen LogP contribution in [0, 0.1) is 0 Å². The van der Waals surface area contributed by atoms with Gasteiger partial charge < -0.3 is 10.1 Å². The molecule has 0 heterocycles. The number of benzene rings is 2. The number of nitrogens with one attached hydrogen (secondary N) is 1. The van der Waals surface area contributed by atoms with Gasteiger partial charge in [0, 0.05) is 12.6 Å². The van der Waals surface area contributed by atoms with Gasteiger partial charge in [0.15, 0.2) is 0 Å². The first-order valence-electron chi connectivity index (χ1n) is 9.96. The number of methoxy groups -OCH3 is 1. The van der Waals surface area contributed by atoms with E-state index in [0.29, 0.717) is 12.2 Å². The molecule has 6 nitrogen and oxygen atoms in total. The lowest BCUT2D eigenvalue weighted by Gasteiger charge is -2.23. The summed E-state index contributed by atoms with van der Waals surface area (Å²) >= 11 is 0. The molecule has 2 aromatic rings. The molecule has 0 aromatic heterocycles. The number of rotatable bonds is 9. The second-order valence-corrected chi connectivity index (χ2v) is 9.24. The van der Waals surface area contributed by atoms with Gasteiger partial charge in [0.25, 0.3) is 0 Å². The van der Waals surface area contributed by atoms with Crippen LogP contribution in [0.15, 0.2) is 59.5 Å². The summed E-state index contributed by atoms with van der Waals surface area (Å²) in [5, 5.41) is 2.98. The zero-order valence-electron chi connectivity index (χ0n) is 16.7. The summed E-state index contributed by atoms with van der Waals surface area (Å²) in [6, 6.07) is 16.1. The maximum Gasteiger partial charge on any atom is 0.243 e. The van der Waals surface area contributed by atoms with Crippen molar-refractivity contribution < 1.29 is 17.9 Å². The predicted molar refractivity (Wildman–Crippen MR) is 112 cm³/mol. The van der Waals surface area contributed by atoms with Gasteiger partial charge in [-0.15, -0.1) is 0 Å². The Hall–Kier alpha value is -2.38. The number of amides is 1. The smallest absolute Gasteiger partial charge is 0.243 e. The van der Waals surface area contributed by atoms with E-state index in [1.54, 1.807) is 12.1 Å². The number of sulfonamides is 1. The number of carbonyl (C=O) groups excluding carboxylic acids is 1. The Kier molecular flexibility index (Phi) is 7.28. The molecule has 1 fully saturated rings. The fourth-order valence-corrected chi connectivity index (χ4v) is 4.98. The summed E-state index contributed by atoms with van der Waals surface area (Å²) in [7, 11) is -2.28. The number of ether oxygens (including phenoxy) is 1. The number of nitrogens with zero attached hydrogens (tertiary/aromatic N) is 1. The van der Waals surface area contributed by atoms with E-state index >= 15 is 0 Å². The third kappa shape index (κ3) is 5.81. The van der Waals surface area contributed by atoms with Crippen molar-refractivity contribution >= 4 is 15.9 Å². The third-order valence-corrected chi connectivity index (χ3v) is 7.09. The SMILES string of the molecule is COc1ccc(S(=O)(=O)N(CCc2ccccc2)CC(=O)NC2CCCC2)cc1. The monoisotopic (exact) mass is 416 g/mol. The van der Waals surface area contributed by atoms with Crippen LogP contribution < -0.4 is 10.1 Å². The maximum atomic E-state index is 13.2. The zero-order chi connectivity index (χ0) is 20.7. The van der Waals surface area contributed by atoms with Crippen LogP contribution in [0.2, 0.25) is 0 Å². The molecule has 0 radical (unpaired) electrons. The standard InChI is InChI=1S/C22H28N2O4S/c1-28-20-11-13-21(14-12-20)29(26,27)24(16-15-18-7-3-2-4-8-18)17-22(25)23-19-9-5-6-10-19/h2-4,7-8,11-14,19H,5-6,9-10,15-17H2,1H3,(H,23,25). The Bertz CT molecular complexity index is 892. The highest BCUT2D eigenvalue weighted by atomic mass is 32.2. The summed E-state index contributed by atoms with van der Waals surface area (Å²) in [6.45, 7) is 0.0498. The third-order valence-electron chi connectivity index (χ3n) is 5.23. The molecule has 0 saturated heterocycles. The normalized spacial score (nSPS) is 14.8. The largest absolute Gasteiger partial charge is 0.497 e. The van der Waals surface area contributed by atoms with Crippen molar-refractivity contribution in [3.05, 3.63) is 60.2 Å². The summed E-state index contributed by atoms with van der Waals surface area (Å²) in [5.41, 5.74) is 1.03. The number of carbonyl (C=O) groups is 1. The quantitative estimate of drug-likeness (QED) is 0.682. The first kappa shape index (κ1) is 21.3. The van der Waals surface area contributed by atoms with E-state index in [2.05, 4.69) is 5.32 Å². The molecule has 0 spiro atoms. The predicted octanol–water partition coefficient (Wildman–Crippen LogP) is 2.99. The molecule has 0 unspecified atom stereocenters. The van der Waals surface area contributed by atoms with E-state index in [1.807, 2.05) is 30.3 Å². The Morgan fingerprint density at radius 1 is 1.07 bits per heavy atom. The van der Waals surface area contributed by atoms with Crippen molar-refractivity contribution in [3.63, 3.8) is 0 Å². The first-order chi connectivity index (χ1) is 14.0. The van der Waals surface area contributed by atoms with Crippen molar-refractivity contribution in [1.29, 1.82) is 0 Å². The van der Waals surface area contributed by atoms with Crippen LogP contribution in [0.5, 0.6) is 5.75 Å². The number of hydrogen-bond acceptors (Lipinski definition) is 4. The highest BCUT2D eigenvalue weighted by Crippen LogP contribution is 2.21. The van der Waals surface area contributed by atoms with E-state index in [-0.39, 0.29) is 29.9 Å². The Balaban J connectivity index is 1.76. The second-order valence-electron chi connectivity index (χ2n) is 7.30. The van der Waals surface area contributed by atoms with E-state index < -0.39 is 10.0 Å². The molecule has 1 aliphatic carbocycles. The van der Waals surface area contributed by atoms with Crippen LogP contribution in [0.3, 0.4) is 0 Å². The van der Waals surface area contributed by atoms with E-state index in [0.717, 1.165) is 31.2 Å². The van der Waals surface area contributed by atoms with Crippen molar-refractivity contribution in [3.8, 4) is 5.75 Å².